The highest BCUT2D eigenvalue weighted by molar-refractivity contribution is 6.06. The number of halogens is 1. The zero-order valence-corrected chi connectivity index (χ0v) is 12.4. The molecule has 22 heavy (non-hydrogen) atoms. The Hall–Kier alpha value is -2.69. The van der Waals surface area contributed by atoms with Gasteiger partial charge in [0.1, 0.15) is 5.82 Å². The molecule has 114 valence electrons. The molecule has 0 radical (unpaired) electrons. The van der Waals surface area contributed by atoms with Crippen molar-refractivity contribution in [2.45, 2.75) is 19.9 Å². The van der Waals surface area contributed by atoms with Crippen LogP contribution in [0.5, 0.6) is 0 Å². The van der Waals surface area contributed by atoms with Crippen molar-refractivity contribution in [3.63, 3.8) is 0 Å². The average molecular weight is 300 g/mol. The van der Waals surface area contributed by atoms with E-state index in [9.17, 15) is 14.0 Å². The number of hydrogen-bond acceptors (Lipinski definition) is 2. The van der Waals surface area contributed by atoms with E-state index in [0.29, 0.717) is 11.1 Å². The quantitative estimate of drug-likeness (QED) is 0.911. The predicted octanol–water partition coefficient (Wildman–Crippen LogP) is 3.22. The zero-order chi connectivity index (χ0) is 16.1. The summed E-state index contributed by atoms with van der Waals surface area (Å²) in [5, 5.41) is 5.24. The molecule has 2 amide bonds. The first-order valence-electron chi connectivity index (χ1n) is 6.94. The van der Waals surface area contributed by atoms with Crippen molar-refractivity contribution >= 4 is 17.5 Å². The highest BCUT2D eigenvalue weighted by Crippen LogP contribution is 2.14. The van der Waals surface area contributed by atoms with Crippen LogP contribution in [-0.2, 0) is 0 Å². The summed E-state index contributed by atoms with van der Waals surface area (Å²) in [6, 6.07) is 12.2. The van der Waals surface area contributed by atoms with Gasteiger partial charge in [-0.1, -0.05) is 18.2 Å². The van der Waals surface area contributed by atoms with Crippen LogP contribution in [-0.4, -0.2) is 17.9 Å². The van der Waals surface area contributed by atoms with E-state index in [0.717, 1.165) is 0 Å². The molecule has 0 saturated heterocycles. The summed E-state index contributed by atoms with van der Waals surface area (Å²) in [5.41, 5.74) is 0.777. The smallest absolute Gasteiger partial charge is 0.255 e. The van der Waals surface area contributed by atoms with Crippen molar-refractivity contribution < 1.29 is 14.0 Å². The molecular formula is C17H17FN2O2. The van der Waals surface area contributed by atoms with Crippen LogP contribution in [0.4, 0.5) is 10.1 Å². The van der Waals surface area contributed by atoms with Crippen molar-refractivity contribution in [1.82, 2.24) is 5.32 Å². The molecule has 0 aliphatic rings. The van der Waals surface area contributed by atoms with Crippen molar-refractivity contribution in [3.8, 4) is 0 Å². The lowest BCUT2D eigenvalue weighted by Gasteiger charge is -2.10. The molecule has 0 atom stereocenters. The largest absolute Gasteiger partial charge is 0.350 e. The van der Waals surface area contributed by atoms with Crippen molar-refractivity contribution in [3.05, 3.63) is 65.5 Å². The number of para-hydroxylation sites is 1. The van der Waals surface area contributed by atoms with Gasteiger partial charge in [-0.15, -0.1) is 0 Å². The third kappa shape index (κ3) is 3.91. The van der Waals surface area contributed by atoms with E-state index in [-0.39, 0.29) is 17.6 Å². The highest BCUT2D eigenvalue weighted by atomic mass is 19.1. The Morgan fingerprint density at radius 3 is 2.23 bits per heavy atom. The number of hydrogen-bond donors (Lipinski definition) is 2. The Morgan fingerprint density at radius 2 is 1.59 bits per heavy atom. The molecule has 2 aromatic rings. The van der Waals surface area contributed by atoms with E-state index < -0.39 is 11.7 Å². The molecule has 0 unspecified atom stereocenters. The van der Waals surface area contributed by atoms with Crippen LogP contribution in [0.15, 0.2) is 48.5 Å². The first kappa shape index (κ1) is 15.7. The third-order valence-electron chi connectivity index (χ3n) is 2.93. The standard InChI is InChI=1S/C17H17FN2O2/c1-11(2)19-16(21)12-6-5-7-13(10-12)17(22)20-15-9-4-3-8-14(15)18/h3-11H,1-2H3,(H,19,21)(H,20,22). The van der Waals surface area contributed by atoms with E-state index in [2.05, 4.69) is 10.6 Å². The Kier molecular flexibility index (Phi) is 4.88. The van der Waals surface area contributed by atoms with Crippen LogP contribution in [0.2, 0.25) is 0 Å². The first-order chi connectivity index (χ1) is 10.5. The molecule has 2 N–H and O–H groups in total. The van der Waals surface area contributed by atoms with Crippen LogP contribution in [0.1, 0.15) is 34.6 Å². The molecule has 0 heterocycles. The van der Waals surface area contributed by atoms with Crippen molar-refractivity contribution in [1.29, 1.82) is 0 Å². The number of carbonyl (C=O) groups is 2. The Balaban J connectivity index is 2.17. The molecule has 2 aromatic carbocycles. The summed E-state index contributed by atoms with van der Waals surface area (Å²) in [5.74, 6) is -1.23. The van der Waals surface area contributed by atoms with Crippen LogP contribution in [0.25, 0.3) is 0 Å². The van der Waals surface area contributed by atoms with Gasteiger partial charge in [0.25, 0.3) is 11.8 Å². The second-order valence-corrected chi connectivity index (χ2v) is 5.14. The fraction of sp³-hybridized carbons (Fsp3) is 0.176. The zero-order valence-electron chi connectivity index (χ0n) is 12.4. The van der Waals surface area contributed by atoms with Gasteiger partial charge in [-0.2, -0.15) is 0 Å². The maximum Gasteiger partial charge on any atom is 0.255 e. The van der Waals surface area contributed by atoms with E-state index in [1.165, 1.54) is 18.2 Å². The average Bonchev–Trinajstić information content (AvgIpc) is 2.49. The van der Waals surface area contributed by atoms with Gasteiger partial charge >= 0.3 is 0 Å². The lowest BCUT2D eigenvalue weighted by atomic mass is 10.1. The van der Waals surface area contributed by atoms with Gasteiger partial charge in [-0.3, -0.25) is 9.59 Å². The van der Waals surface area contributed by atoms with Crippen LogP contribution in [0, 0.1) is 5.82 Å². The van der Waals surface area contributed by atoms with E-state index in [1.54, 1.807) is 30.3 Å². The minimum atomic E-state index is -0.510. The topological polar surface area (TPSA) is 58.2 Å². The Bertz CT molecular complexity index is 699. The summed E-state index contributed by atoms with van der Waals surface area (Å²) in [7, 11) is 0. The van der Waals surface area contributed by atoms with Crippen LogP contribution < -0.4 is 10.6 Å². The van der Waals surface area contributed by atoms with Crippen LogP contribution >= 0.6 is 0 Å². The van der Waals surface area contributed by atoms with Crippen molar-refractivity contribution in [2.24, 2.45) is 0 Å². The van der Waals surface area contributed by atoms with Gasteiger partial charge in [0.05, 0.1) is 5.69 Å². The third-order valence-corrected chi connectivity index (χ3v) is 2.93. The van der Waals surface area contributed by atoms with Gasteiger partial charge in [0.2, 0.25) is 0 Å². The molecule has 0 aromatic heterocycles. The van der Waals surface area contributed by atoms with Gasteiger partial charge in [0, 0.05) is 17.2 Å². The first-order valence-corrected chi connectivity index (χ1v) is 6.94. The number of nitrogens with one attached hydrogen (secondary N) is 2. The molecule has 0 fully saturated rings. The van der Waals surface area contributed by atoms with E-state index in [4.69, 9.17) is 0 Å². The molecule has 5 heteroatoms. The fourth-order valence-electron chi connectivity index (χ4n) is 1.90. The number of rotatable bonds is 4. The number of anilines is 1. The lowest BCUT2D eigenvalue weighted by Crippen LogP contribution is -2.30. The van der Waals surface area contributed by atoms with E-state index in [1.807, 2.05) is 13.8 Å². The molecule has 0 aliphatic carbocycles. The second-order valence-electron chi connectivity index (χ2n) is 5.14. The molecule has 2 rings (SSSR count). The van der Waals surface area contributed by atoms with Crippen LogP contribution in [0.3, 0.4) is 0 Å². The Morgan fingerprint density at radius 1 is 0.955 bits per heavy atom. The molecule has 0 spiro atoms. The summed E-state index contributed by atoms with van der Waals surface area (Å²) >= 11 is 0. The number of carbonyl (C=O) groups excluding carboxylic acids is 2. The summed E-state index contributed by atoms with van der Waals surface area (Å²) in [4.78, 5) is 24.1. The normalized spacial score (nSPS) is 10.4. The SMILES string of the molecule is CC(C)NC(=O)c1cccc(C(=O)Nc2ccccc2F)c1. The maximum absolute atomic E-state index is 13.5. The number of amides is 2. The minimum Gasteiger partial charge on any atom is -0.350 e. The molecule has 4 nitrogen and oxygen atoms in total. The molecule has 0 bridgehead atoms. The molecular weight excluding hydrogens is 283 g/mol. The monoisotopic (exact) mass is 300 g/mol. The fourth-order valence-corrected chi connectivity index (χ4v) is 1.90. The Labute approximate surface area is 128 Å². The minimum absolute atomic E-state index is 0.00315. The summed E-state index contributed by atoms with van der Waals surface area (Å²) < 4.78 is 13.5. The van der Waals surface area contributed by atoms with Crippen molar-refractivity contribution in [2.75, 3.05) is 5.32 Å². The van der Waals surface area contributed by atoms with Gasteiger partial charge < -0.3 is 10.6 Å². The highest BCUT2D eigenvalue weighted by Gasteiger charge is 2.12. The lowest BCUT2D eigenvalue weighted by molar-refractivity contribution is 0.0943. The molecule has 0 aliphatic heterocycles. The summed E-state index contributed by atoms with van der Waals surface area (Å²) in [6.45, 7) is 3.71. The number of benzene rings is 2. The van der Waals surface area contributed by atoms with Gasteiger partial charge in [-0.05, 0) is 44.2 Å². The molecule has 0 saturated carbocycles. The second kappa shape index (κ2) is 6.85. The van der Waals surface area contributed by atoms with Gasteiger partial charge in [0.15, 0.2) is 0 Å². The van der Waals surface area contributed by atoms with E-state index >= 15 is 0 Å². The summed E-state index contributed by atoms with van der Waals surface area (Å²) in [6.07, 6.45) is 0. The maximum atomic E-state index is 13.5. The predicted molar refractivity (Wildman–Crippen MR) is 83.4 cm³/mol. The van der Waals surface area contributed by atoms with Gasteiger partial charge in [-0.25, -0.2) is 4.39 Å².